The van der Waals surface area contributed by atoms with E-state index in [9.17, 15) is 17.6 Å². The highest BCUT2D eigenvalue weighted by atomic mass is 32.2. The summed E-state index contributed by atoms with van der Waals surface area (Å²) in [4.78, 5) is 18.4. The third kappa shape index (κ3) is 4.31. The summed E-state index contributed by atoms with van der Waals surface area (Å²) < 4.78 is 37.9. The Morgan fingerprint density at radius 1 is 1.13 bits per heavy atom. The number of rotatable bonds is 5. The van der Waals surface area contributed by atoms with Crippen LogP contribution in [-0.2, 0) is 21.2 Å². The normalized spacial score (nSPS) is 23.0. The quantitative estimate of drug-likeness (QED) is 0.647. The highest BCUT2D eigenvalue weighted by Gasteiger charge is 2.44. The fourth-order valence-electron chi connectivity index (χ4n) is 3.76. The van der Waals surface area contributed by atoms with E-state index in [0.29, 0.717) is 25.3 Å². The molecule has 1 amide bonds. The Hall–Kier alpha value is -2.85. The number of halogens is 1. The number of hydrogen-bond acceptors (Lipinski definition) is 6. The van der Waals surface area contributed by atoms with Gasteiger partial charge in [-0.3, -0.25) is 15.0 Å². The van der Waals surface area contributed by atoms with Crippen LogP contribution in [0, 0.1) is 5.92 Å². The molecule has 31 heavy (non-hydrogen) atoms. The number of nitrogens with one attached hydrogen (secondary N) is 1. The van der Waals surface area contributed by atoms with Crippen molar-refractivity contribution in [3.05, 3.63) is 48.0 Å². The van der Waals surface area contributed by atoms with E-state index in [0.717, 1.165) is 16.8 Å². The summed E-state index contributed by atoms with van der Waals surface area (Å²) in [6, 6.07) is 13.6. The van der Waals surface area contributed by atoms with Crippen LogP contribution in [0.3, 0.4) is 0 Å². The van der Waals surface area contributed by atoms with Gasteiger partial charge in [0, 0.05) is 25.2 Å². The van der Waals surface area contributed by atoms with E-state index >= 15 is 0 Å². The molecule has 0 unspecified atom stereocenters. The van der Waals surface area contributed by atoms with Crippen molar-refractivity contribution < 1.29 is 17.6 Å². The van der Waals surface area contributed by atoms with Crippen molar-refractivity contribution in [1.29, 1.82) is 0 Å². The molecule has 2 aromatic heterocycles. The van der Waals surface area contributed by atoms with Crippen molar-refractivity contribution in [1.82, 2.24) is 19.5 Å². The van der Waals surface area contributed by atoms with Gasteiger partial charge in [0.05, 0.1) is 23.1 Å². The number of aromatic nitrogens is 3. The number of nitrogens with zero attached hydrogens (tertiary/aromatic N) is 4. The van der Waals surface area contributed by atoms with Gasteiger partial charge in [-0.25, -0.2) is 17.3 Å². The summed E-state index contributed by atoms with van der Waals surface area (Å²) in [6.07, 6.45) is -0.815. The summed E-state index contributed by atoms with van der Waals surface area (Å²) in [5, 5.41) is 6.97. The van der Waals surface area contributed by atoms with Crippen LogP contribution < -0.4 is 5.32 Å². The molecule has 2 fully saturated rings. The van der Waals surface area contributed by atoms with Gasteiger partial charge in [-0.1, -0.05) is 30.3 Å². The summed E-state index contributed by atoms with van der Waals surface area (Å²) in [7, 11) is -2.88. The van der Waals surface area contributed by atoms with Gasteiger partial charge >= 0.3 is 0 Å². The zero-order chi connectivity index (χ0) is 21.6. The number of benzene rings is 1. The summed E-state index contributed by atoms with van der Waals surface area (Å²) in [6.45, 7) is 1.82. The summed E-state index contributed by atoms with van der Waals surface area (Å²) in [5.74, 6) is -0.401. The Morgan fingerprint density at radius 2 is 1.84 bits per heavy atom. The second-order valence-corrected chi connectivity index (χ2v) is 10.4. The minimum absolute atomic E-state index is 0.160. The van der Waals surface area contributed by atoms with E-state index in [1.807, 2.05) is 36.4 Å². The van der Waals surface area contributed by atoms with E-state index in [4.69, 9.17) is 0 Å². The first-order valence-corrected chi connectivity index (χ1v) is 12.0. The lowest BCUT2D eigenvalue weighted by molar-refractivity contribution is -0.117. The van der Waals surface area contributed by atoms with Crippen LogP contribution in [0.1, 0.15) is 12.0 Å². The van der Waals surface area contributed by atoms with Gasteiger partial charge in [0.15, 0.2) is 15.5 Å². The van der Waals surface area contributed by atoms with Gasteiger partial charge in [0.25, 0.3) is 0 Å². The highest BCUT2D eigenvalue weighted by molar-refractivity contribution is 7.91. The maximum absolute atomic E-state index is 13.1. The fraction of sp³-hybridized carbons (Fsp3) is 0.381. The molecular weight excluding hydrogens is 421 g/mol. The molecule has 162 valence electrons. The number of fused-ring (bicyclic) bond motifs is 1. The molecule has 0 spiro atoms. The molecule has 2 atom stereocenters. The third-order valence-electron chi connectivity index (χ3n) is 5.74. The Bertz CT molecular complexity index is 1230. The van der Waals surface area contributed by atoms with E-state index in [1.165, 1.54) is 0 Å². The summed E-state index contributed by atoms with van der Waals surface area (Å²) >= 11 is 0. The van der Waals surface area contributed by atoms with E-state index in [1.54, 1.807) is 10.6 Å². The molecule has 5 rings (SSSR count). The lowest BCUT2D eigenvalue weighted by Crippen LogP contribution is -2.39. The second kappa shape index (κ2) is 7.69. The molecule has 1 saturated heterocycles. The molecule has 1 aliphatic heterocycles. The minimum atomic E-state index is -2.88. The van der Waals surface area contributed by atoms with Gasteiger partial charge in [-0.2, -0.15) is 4.98 Å². The largest absolute Gasteiger partial charge is 0.297 e. The number of amides is 1. The van der Waals surface area contributed by atoms with Crippen LogP contribution in [0.5, 0.6) is 0 Å². The number of alkyl halides is 1. The van der Waals surface area contributed by atoms with Crippen LogP contribution >= 0.6 is 0 Å². The number of carbonyl (C=O) groups is 1. The van der Waals surface area contributed by atoms with Crippen LogP contribution in [-0.4, -0.2) is 64.6 Å². The standard InChI is InChI=1S/C21H22FN5O3S/c22-17-12-16(17)20(28)24-21-23-19-3-1-2-18(27(19)25-21)15-6-4-14(5-7-15)13-26-8-10-31(29,30)11-9-26/h1-7,16-17H,8-13H2,(H,24,25,28)/t16-,17-/m0/s1. The monoisotopic (exact) mass is 443 g/mol. The first kappa shape index (κ1) is 20.1. The third-order valence-corrected chi connectivity index (χ3v) is 7.35. The topological polar surface area (TPSA) is 96.7 Å². The van der Waals surface area contributed by atoms with Crippen molar-refractivity contribution in [3.8, 4) is 11.3 Å². The van der Waals surface area contributed by atoms with Gasteiger partial charge in [0.2, 0.25) is 11.9 Å². The first-order chi connectivity index (χ1) is 14.9. The average Bonchev–Trinajstić information content (AvgIpc) is 3.34. The predicted molar refractivity (Wildman–Crippen MR) is 114 cm³/mol. The molecular formula is C21H22FN5O3S. The number of anilines is 1. The molecule has 1 saturated carbocycles. The number of sulfone groups is 1. The maximum Gasteiger partial charge on any atom is 0.249 e. The van der Waals surface area contributed by atoms with Crippen molar-refractivity contribution in [2.24, 2.45) is 5.92 Å². The molecule has 10 heteroatoms. The van der Waals surface area contributed by atoms with Crippen molar-refractivity contribution in [2.75, 3.05) is 29.9 Å². The van der Waals surface area contributed by atoms with E-state index < -0.39 is 21.9 Å². The molecule has 0 bridgehead atoms. The zero-order valence-electron chi connectivity index (χ0n) is 16.7. The van der Waals surface area contributed by atoms with Crippen molar-refractivity contribution in [3.63, 3.8) is 0 Å². The van der Waals surface area contributed by atoms with Gasteiger partial charge in [0.1, 0.15) is 6.17 Å². The predicted octanol–water partition coefficient (Wildman–Crippen LogP) is 1.92. The molecule has 1 aromatic carbocycles. The molecule has 2 aliphatic rings. The molecule has 3 aromatic rings. The van der Waals surface area contributed by atoms with Gasteiger partial charge in [-0.15, -0.1) is 5.10 Å². The van der Waals surface area contributed by atoms with Gasteiger partial charge < -0.3 is 0 Å². The molecule has 8 nitrogen and oxygen atoms in total. The number of pyridine rings is 1. The fourth-order valence-corrected chi connectivity index (χ4v) is 5.04. The molecule has 0 radical (unpaired) electrons. The number of carbonyl (C=O) groups excluding carboxylic acids is 1. The molecule has 3 heterocycles. The van der Waals surface area contributed by atoms with Crippen LogP contribution in [0.4, 0.5) is 10.3 Å². The lowest BCUT2D eigenvalue weighted by atomic mass is 10.1. The second-order valence-electron chi connectivity index (χ2n) is 8.09. The first-order valence-electron chi connectivity index (χ1n) is 10.2. The molecule has 1 N–H and O–H groups in total. The zero-order valence-corrected chi connectivity index (χ0v) is 17.6. The maximum atomic E-state index is 13.1. The van der Waals surface area contributed by atoms with E-state index in [2.05, 4.69) is 20.3 Å². The number of hydrogen-bond donors (Lipinski definition) is 1. The van der Waals surface area contributed by atoms with Crippen LogP contribution in [0.25, 0.3) is 16.9 Å². The Kier molecular flexibility index (Phi) is 4.98. The SMILES string of the molecule is O=C(Nc1nc2cccc(-c3ccc(CN4CCS(=O)(=O)CC4)cc3)n2n1)[C@H]1C[C@@H]1F. The Morgan fingerprint density at radius 3 is 2.52 bits per heavy atom. The van der Waals surface area contributed by atoms with Gasteiger partial charge in [-0.05, 0) is 24.1 Å². The lowest BCUT2D eigenvalue weighted by Gasteiger charge is -2.26. The average molecular weight is 444 g/mol. The van der Waals surface area contributed by atoms with Crippen molar-refractivity contribution >= 4 is 27.3 Å². The molecule has 1 aliphatic carbocycles. The Balaban J connectivity index is 1.32. The van der Waals surface area contributed by atoms with E-state index in [-0.39, 0.29) is 29.8 Å². The van der Waals surface area contributed by atoms with Crippen LogP contribution in [0.15, 0.2) is 42.5 Å². The minimum Gasteiger partial charge on any atom is -0.297 e. The summed E-state index contributed by atoms with van der Waals surface area (Å²) in [5.41, 5.74) is 3.44. The smallest absolute Gasteiger partial charge is 0.249 e. The van der Waals surface area contributed by atoms with Crippen LogP contribution in [0.2, 0.25) is 0 Å². The Labute approximate surface area is 179 Å². The highest BCUT2D eigenvalue weighted by Crippen LogP contribution is 2.34. The van der Waals surface area contributed by atoms with Crippen molar-refractivity contribution in [2.45, 2.75) is 19.1 Å².